The van der Waals surface area contributed by atoms with Crippen LogP contribution in [0.2, 0.25) is 0 Å². The molecule has 0 aliphatic heterocycles. The maximum Gasteiger partial charge on any atom is 0.341 e. The van der Waals surface area contributed by atoms with Gasteiger partial charge in [-0.05, 0) is 49.2 Å². The molecule has 0 spiro atoms. The number of rotatable bonds is 6. The zero-order valence-electron chi connectivity index (χ0n) is 13.9. The Morgan fingerprint density at radius 3 is 1.44 bits per heavy atom. The molecular weight excluding hydrogens is 376 g/mol. The number of hydrogen-bond acceptors (Lipinski definition) is 4. The Kier molecular flexibility index (Phi) is 10.8. The first-order chi connectivity index (χ1) is 11.4. The Balaban J connectivity index is 0.000000443. The molecule has 7 heteroatoms. The molecule has 1 radical (unpaired) electrons. The van der Waals surface area contributed by atoms with E-state index in [1.54, 1.807) is 24.3 Å². The van der Waals surface area contributed by atoms with E-state index in [1.807, 2.05) is 38.1 Å². The molecule has 0 aliphatic rings. The van der Waals surface area contributed by atoms with Crippen LogP contribution in [0.3, 0.4) is 0 Å². The maximum absolute atomic E-state index is 10.1. The topological polar surface area (TPSA) is 93.1 Å². The smallest absolute Gasteiger partial charge is 0.341 e. The third-order valence-corrected chi connectivity index (χ3v) is 2.70. The first-order valence-corrected chi connectivity index (χ1v) is 7.19. The van der Waals surface area contributed by atoms with Gasteiger partial charge in [0.15, 0.2) is 13.2 Å². The third kappa shape index (κ3) is 10.8. The first kappa shape index (κ1) is 22.5. The van der Waals surface area contributed by atoms with Gasteiger partial charge in [0.05, 0.1) is 0 Å². The molecule has 0 aromatic heterocycles. The molecule has 2 N–H and O–H groups in total. The van der Waals surface area contributed by atoms with Crippen molar-refractivity contribution in [2.75, 3.05) is 13.2 Å². The standard InChI is InChI=1S/2C9H10O3.Cu/c2*1-7-3-2-4-8(5-7)12-6-9(10)11;/h2*2-5H,6H2,1H3,(H,10,11);. The van der Waals surface area contributed by atoms with E-state index < -0.39 is 11.9 Å². The summed E-state index contributed by atoms with van der Waals surface area (Å²) in [6.45, 7) is 3.27. The van der Waals surface area contributed by atoms with Crippen molar-refractivity contribution in [1.29, 1.82) is 0 Å². The molecule has 0 saturated heterocycles. The van der Waals surface area contributed by atoms with Gasteiger partial charge in [0, 0.05) is 17.1 Å². The summed E-state index contributed by atoms with van der Waals surface area (Å²) in [7, 11) is 0. The van der Waals surface area contributed by atoms with E-state index in [0.29, 0.717) is 11.5 Å². The molecule has 139 valence electrons. The van der Waals surface area contributed by atoms with Gasteiger partial charge in [0.25, 0.3) is 0 Å². The summed E-state index contributed by atoms with van der Waals surface area (Å²) in [5, 5.41) is 16.6. The summed E-state index contributed by atoms with van der Waals surface area (Å²) in [6, 6.07) is 14.6. The minimum Gasteiger partial charge on any atom is -0.482 e. The molecule has 0 heterocycles. The van der Waals surface area contributed by atoms with Crippen molar-refractivity contribution in [1.82, 2.24) is 0 Å². The maximum atomic E-state index is 10.1. The van der Waals surface area contributed by atoms with E-state index >= 15 is 0 Å². The fraction of sp³-hybridized carbons (Fsp3) is 0.222. The molecule has 0 unspecified atom stereocenters. The second kappa shape index (κ2) is 11.9. The zero-order valence-corrected chi connectivity index (χ0v) is 14.8. The molecule has 0 aliphatic carbocycles. The summed E-state index contributed by atoms with van der Waals surface area (Å²) in [5.74, 6) is -0.734. The molecule has 2 aromatic carbocycles. The van der Waals surface area contributed by atoms with E-state index in [4.69, 9.17) is 19.7 Å². The monoisotopic (exact) mass is 395 g/mol. The van der Waals surface area contributed by atoms with Crippen molar-refractivity contribution < 1.29 is 46.3 Å². The van der Waals surface area contributed by atoms with Gasteiger partial charge in [-0.1, -0.05) is 24.3 Å². The average Bonchev–Trinajstić information content (AvgIpc) is 2.52. The zero-order chi connectivity index (χ0) is 17.9. The van der Waals surface area contributed by atoms with Gasteiger partial charge in [-0.2, -0.15) is 0 Å². The van der Waals surface area contributed by atoms with Gasteiger partial charge in [0.2, 0.25) is 0 Å². The minimum absolute atomic E-state index is 0. The average molecular weight is 396 g/mol. The summed E-state index contributed by atoms with van der Waals surface area (Å²) in [6.07, 6.45) is 0. The van der Waals surface area contributed by atoms with Crippen LogP contribution in [0.15, 0.2) is 48.5 Å². The van der Waals surface area contributed by atoms with Crippen LogP contribution < -0.4 is 9.47 Å². The van der Waals surface area contributed by atoms with Crippen LogP contribution in [0.5, 0.6) is 11.5 Å². The third-order valence-electron chi connectivity index (χ3n) is 2.70. The van der Waals surface area contributed by atoms with E-state index in [-0.39, 0.29) is 30.3 Å². The molecule has 0 bridgehead atoms. The quantitative estimate of drug-likeness (QED) is 0.730. The van der Waals surface area contributed by atoms with Crippen molar-refractivity contribution in [3.05, 3.63) is 59.7 Å². The van der Waals surface area contributed by atoms with Crippen molar-refractivity contribution in [3.63, 3.8) is 0 Å². The van der Waals surface area contributed by atoms with Crippen LogP contribution in [-0.2, 0) is 26.7 Å². The van der Waals surface area contributed by atoms with Crippen molar-refractivity contribution in [3.8, 4) is 11.5 Å². The van der Waals surface area contributed by atoms with Crippen LogP contribution in [0, 0.1) is 13.8 Å². The molecule has 0 amide bonds. The number of aryl methyl sites for hydroxylation is 2. The van der Waals surface area contributed by atoms with Crippen LogP contribution in [0.25, 0.3) is 0 Å². The van der Waals surface area contributed by atoms with E-state index in [2.05, 4.69) is 0 Å². The molecule has 6 nitrogen and oxygen atoms in total. The summed E-state index contributed by atoms with van der Waals surface area (Å²) >= 11 is 0. The summed E-state index contributed by atoms with van der Waals surface area (Å²) in [4.78, 5) is 20.3. The number of ether oxygens (including phenoxy) is 2. The molecule has 25 heavy (non-hydrogen) atoms. The molecule has 0 saturated carbocycles. The number of hydrogen-bond donors (Lipinski definition) is 2. The Bertz CT molecular complexity index is 627. The Labute approximate surface area is 156 Å². The Hall–Kier alpha value is -2.50. The van der Waals surface area contributed by atoms with Crippen LogP contribution in [0.4, 0.5) is 0 Å². The second-order valence-corrected chi connectivity index (χ2v) is 5.00. The van der Waals surface area contributed by atoms with Gasteiger partial charge >= 0.3 is 11.9 Å². The van der Waals surface area contributed by atoms with Crippen LogP contribution in [0.1, 0.15) is 11.1 Å². The predicted molar refractivity (Wildman–Crippen MR) is 88.6 cm³/mol. The summed E-state index contributed by atoms with van der Waals surface area (Å²) in [5.41, 5.74) is 2.11. The van der Waals surface area contributed by atoms with Gasteiger partial charge in [-0.15, -0.1) is 0 Å². The van der Waals surface area contributed by atoms with Gasteiger partial charge in [-0.3, -0.25) is 0 Å². The molecule has 2 aromatic rings. The van der Waals surface area contributed by atoms with E-state index in [0.717, 1.165) is 11.1 Å². The first-order valence-electron chi connectivity index (χ1n) is 7.19. The van der Waals surface area contributed by atoms with E-state index in [1.165, 1.54) is 0 Å². The number of carboxylic acid groups (broad SMARTS) is 2. The summed E-state index contributed by atoms with van der Waals surface area (Å²) < 4.78 is 9.90. The number of aliphatic carboxylic acids is 2. The van der Waals surface area contributed by atoms with Crippen molar-refractivity contribution in [2.24, 2.45) is 0 Å². The SMILES string of the molecule is Cc1cccc(OCC(=O)O)c1.Cc1cccc(OCC(=O)O)c1.[Cu]. The fourth-order valence-electron chi connectivity index (χ4n) is 1.70. The normalized spacial score (nSPS) is 9.04. The Morgan fingerprint density at radius 1 is 0.800 bits per heavy atom. The Morgan fingerprint density at radius 2 is 1.16 bits per heavy atom. The van der Waals surface area contributed by atoms with Gasteiger partial charge in [0.1, 0.15) is 11.5 Å². The fourth-order valence-corrected chi connectivity index (χ4v) is 1.70. The number of benzene rings is 2. The molecular formula is C18H20CuO6. The molecule has 0 atom stereocenters. The number of carboxylic acids is 2. The van der Waals surface area contributed by atoms with Crippen LogP contribution in [-0.4, -0.2) is 35.4 Å². The van der Waals surface area contributed by atoms with Crippen LogP contribution >= 0.6 is 0 Å². The molecule has 0 fully saturated rings. The van der Waals surface area contributed by atoms with Gasteiger partial charge in [-0.25, -0.2) is 9.59 Å². The van der Waals surface area contributed by atoms with Crippen molar-refractivity contribution >= 4 is 11.9 Å². The predicted octanol–water partition coefficient (Wildman–Crippen LogP) is 2.91. The van der Waals surface area contributed by atoms with E-state index in [9.17, 15) is 9.59 Å². The second-order valence-electron chi connectivity index (χ2n) is 5.00. The largest absolute Gasteiger partial charge is 0.482 e. The molecule has 2 rings (SSSR count). The number of carbonyl (C=O) groups is 2. The minimum atomic E-state index is -0.962. The van der Waals surface area contributed by atoms with Gasteiger partial charge < -0.3 is 19.7 Å². The van der Waals surface area contributed by atoms with Crippen molar-refractivity contribution in [2.45, 2.75) is 13.8 Å².